The van der Waals surface area contributed by atoms with Crippen molar-refractivity contribution in [1.29, 1.82) is 5.26 Å². The third-order valence-electron chi connectivity index (χ3n) is 6.78. The van der Waals surface area contributed by atoms with Crippen LogP contribution in [0.4, 0.5) is 5.69 Å². The molecule has 0 saturated heterocycles. The number of anilines is 1. The molecule has 0 fully saturated rings. The normalized spacial score (nSPS) is 17.3. The van der Waals surface area contributed by atoms with E-state index in [0.717, 1.165) is 48.5 Å². The molecule has 3 aromatic rings. The fraction of sp³-hybridized carbons (Fsp3) is 0.267. The Balaban J connectivity index is 1.51. The summed E-state index contributed by atoms with van der Waals surface area (Å²) in [6, 6.07) is 16.7. The summed E-state index contributed by atoms with van der Waals surface area (Å²) in [6.45, 7) is 9.45. The number of nitriles is 1. The fourth-order valence-corrected chi connectivity index (χ4v) is 5.02. The summed E-state index contributed by atoms with van der Waals surface area (Å²) in [4.78, 5) is 9.26. The molecule has 3 heterocycles. The molecule has 35 heavy (non-hydrogen) atoms. The lowest BCUT2D eigenvalue weighted by Crippen LogP contribution is -2.28. The lowest BCUT2D eigenvalue weighted by molar-refractivity contribution is 0.460. The summed E-state index contributed by atoms with van der Waals surface area (Å²) in [6.07, 6.45) is 10.7. The van der Waals surface area contributed by atoms with E-state index in [4.69, 9.17) is 4.42 Å². The van der Waals surface area contributed by atoms with E-state index in [1.165, 1.54) is 23.2 Å². The van der Waals surface area contributed by atoms with Crippen LogP contribution in [0.5, 0.6) is 0 Å². The smallest absolute Gasteiger partial charge is 0.238 e. The summed E-state index contributed by atoms with van der Waals surface area (Å²) in [7, 11) is 0. The van der Waals surface area contributed by atoms with Crippen LogP contribution in [-0.2, 0) is 6.42 Å². The van der Waals surface area contributed by atoms with Gasteiger partial charge in [-0.15, -0.1) is 0 Å². The first kappa shape index (κ1) is 22.7. The zero-order chi connectivity index (χ0) is 24.4. The zero-order valence-electron chi connectivity index (χ0n) is 20.6. The molecule has 0 atom stereocenters. The highest BCUT2D eigenvalue weighted by Gasteiger charge is 2.20. The van der Waals surface area contributed by atoms with Crippen LogP contribution in [-0.4, -0.2) is 29.5 Å². The van der Waals surface area contributed by atoms with E-state index < -0.39 is 0 Å². The van der Waals surface area contributed by atoms with Gasteiger partial charge in [0.25, 0.3) is 0 Å². The average molecular weight is 463 g/mol. The van der Waals surface area contributed by atoms with Gasteiger partial charge in [-0.25, -0.2) is 4.98 Å². The van der Waals surface area contributed by atoms with E-state index in [9.17, 15) is 5.26 Å². The Hall–Kier alpha value is -4.04. The average Bonchev–Trinajstić information content (AvgIpc) is 3.31. The van der Waals surface area contributed by atoms with Crippen molar-refractivity contribution in [2.45, 2.75) is 33.6 Å². The Morgan fingerprint density at radius 2 is 1.97 bits per heavy atom. The number of allylic oxidation sites excluding steroid dienone is 6. The van der Waals surface area contributed by atoms with Crippen LogP contribution in [0.1, 0.15) is 44.2 Å². The standard InChI is InChI=1S/C30H30N4O/c1-4-33-16-8-9-23-18-22(13-15-28(23)33)12-14-25-19-24(17-21(3)34(25)5-2)26(20-31)30-32-27-10-6-7-11-29(27)35-30/h6-7,10-15,17-19H,4-5,8-9,16H2,1-3H3/b14-12?,26-24+. The minimum atomic E-state index is 0.354. The molecule has 176 valence electrons. The maximum absolute atomic E-state index is 10.0. The number of hydrogen-bond donors (Lipinski definition) is 0. The first-order valence-corrected chi connectivity index (χ1v) is 12.3. The molecular formula is C30H30N4O. The van der Waals surface area contributed by atoms with Gasteiger partial charge in [0, 0.05) is 42.3 Å². The van der Waals surface area contributed by atoms with Gasteiger partial charge in [0.15, 0.2) is 5.58 Å². The quantitative estimate of drug-likeness (QED) is 0.394. The van der Waals surface area contributed by atoms with E-state index in [1.54, 1.807) is 0 Å². The maximum atomic E-state index is 10.0. The van der Waals surface area contributed by atoms with Gasteiger partial charge < -0.3 is 14.2 Å². The topological polar surface area (TPSA) is 56.3 Å². The van der Waals surface area contributed by atoms with Crippen molar-refractivity contribution < 1.29 is 4.42 Å². The highest BCUT2D eigenvalue weighted by molar-refractivity contribution is 5.84. The molecule has 0 unspecified atom stereocenters. The number of fused-ring (bicyclic) bond motifs is 2. The Labute approximate surface area is 207 Å². The van der Waals surface area contributed by atoms with Crippen molar-refractivity contribution in [1.82, 2.24) is 9.88 Å². The lowest BCUT2D eigenvalue weighted by atomic mass is 9.98. The summed E-state index contributed by atoms with van der Waals surface area (Å²) >= 11 is 0. The van der Waals surface area contributed by atoms with Gasteiger partial charge in [-0.3, -0.25) is 0 Å². The van der Waals surface area contributed by atoms with Crippen molar-refractivity contribution in [3.8, 4) is 6.07 Å². The molecule has 0 saturated carbocycles. The van der Waals surface area contributed by atoms with Crippen molar-refractivity contribution >= 4 is 28.4 Å². The van der Waals surface area contributed by atoms with Crippen molar-refractivity contribution in [3.05, 3.63) is 94.7 Å². The van der Waals surface area contributed by atoms with Gasteiger partial charge in [0.2, 0.25) is 5.89 Å². The van der Waals surface area contributed by atoms with Crippen LogP contribution in [0, 0.1) is 11.3 Å². The van der Waals surface area contributed by atoms with Crippen LogP contribution in [0.25, 0.3) is 22.7 Å². The number of oxazole rings is 1. The minimum Gasteiger partial charge on any atom is -0.435 e. The molecule has 0 spiro atoms. The van der Waals surface area contributed by atoms with Gasteiger partial charge in [0.1, 0.15) is 17.2 Å². The predicted octanol–water partition coefficient (Wildman–Crippen LogP) is 6.71. The molecule has 5 nitrogen and oxygen atoms in total. The minimum absolute atomic E-state index is 0.354. The summed E-state index contributed by atoms with van der Waals surface area (Å²) < 4.78 is 5.91. The molecule has 0 aliphatic carbocycles. The molecule has 5 heteroatoms. The third kappa shape index (κ3) is 4.40. The van der Waals surface area contributed by atoms with Gasteiger partial charge in [-0.2, -0.15) is 5.26 Å². The number of nitrogens with zero attached hydrogens (tertiary/aromatic N) is 4. The molecule has 0 bridgehead atoms. The van der Waals surface area contributed by atoms with Crippen molar-refractivity contribution in [2.75, 3.05) is 24.5 Å². The summed E-state index contributed by atoms with van der Waals surface area (Å²) in [5.74, 6) is 0.354. The van der Waals surface area contributed by atoms with Crippen LogP contribution in [0.3, 0.4) is 0 Å². The Morgan fingerprint density at radius 3 is 2.74 bits per heavy atom. The number of rotatable bonds is 5. The molecule has 0 radical (unpaired) electrons. The van der Waals surface area contributed by atoms with E-state index in [-0.39, 0.29) is 0 Å². The van der Waals surface area contributed by atoms with E-state index in [0.29, 0.717) is 17.0 Å². The maximum Gasteiger partial charge on any atom is 0.238 e. The van der Waals surface area contributed by atoms with Crippen molar-refractivity contribution in [2.24, 2.45) is 0 Å². The molecular weight excluding hydrogens is 432 g/mol. The molecule has 2 aliphatic rings. The van der Waals surface area contributed by atoms with E-state index in [1.807, 2.05) is 30.3 Å². The van der Waals surface area contributed by atoms with Crippen LogP contribution < -0.4 is 4.90 Å². The second kappa shape index (κ2) is 9.68. The highest BCUT2D eigenvalue weighted by atomic mass is 16.3. The van der Waals surface area contributed by atoms with Crippen LogP contribution >= 0.6 is 0 Å². The first-order chi connectivity index (χ1) is 17.1. The second-order valence-corrected chi connectivity index (χ2v) is 8.93. The first-order valence-electron chi connectivity index (χ1n) is 12.3. The Kier molecular flexibility index (Phi) is 6.29. The monoisotopic (exact) mass is 462 g/mol. The third-order valence-corrected chi connectivity index (χ3v) is 6.78. The highest BCUT2D eigenvalue weighted by Crippen LogP contribution is 2.32. The van der Waals surface area contributed by atoms with E-state index in [2.05, 4.69) is 78.1 Å². The number of aromatic nitrogens is 1. The van der Waals surface area contributed by atoms with Crippen LogP contribution in [0.2, 0.25) is 0 Å². The molecule has 0 N–H and O–H groups in total. The largest absolute Gasteiger partial charge is 0.435 e. The van der Waals surface area contributed by atoms with Gasteiger partial charge in [0.05, 0.1) is 0 Å². The number of aryl methyl sites for hydroxylation is 1. The Morgan fingerprint density at radius 1 is 1.11 bits per heavy atom. The number of benzene rings is 2. The number of hydrogen-bond acceptors (Lipinski definition) is 5. The lowest BCUT2D eigenvalue weighted by Gasteiger charge is -2.30. The molecule has 0 amide bonds. The van der Waals surface area contributed by atoms with Crippen molar-refractivity contribution in [3.63, 3.8) is 0 Å². The molecule has 2 aliphatic heterocycles. The van der Waals surface area contributed by atoms with E-state index >= 15 is 0 Å². The van der Waals surface area contributed by atoms with Crippen LogP contribution in [0.15, 0.2) is 82.1 Å². The predicted molar refractivity (Wildman–Crippen MR) is 142 cm³/mol. The molecule has 2 aromatic carbocycles. The number of para-hydroxylation sites is 2. The summed E-state index contributed by atoms with van der Waals surface area (Å²) in [5.41, 5.74) is 8.78. The Bertz CT molecular complexity index is 1400. The SMILES string of the molecule is CCN1C(C)=C/C(=C(/C#N)c2nc3ccccc3o2)C=C1C=Cc1ccc2c(c1)CCCN2CC. The number of likely N-dealkylation sites (N-methyl/N-ethyl adjacent to an activating group) is 1. The molecule has 1 aromatic heterocycles. The second-order valence-electron chi connectivity index (χ2n) is 8.93. The molecule has 5 rings (SSSR count). The zero-order valence-corrected chi connectivity index (χ0v) is 20.6. The van der Waals surface area contributed by atoms with Gasteiger partial charge >= 0.3 is 0 Å². The van der Waals surface area contributed by atoms with Gasteiger partial charge in [-0.05, 0) is 87.2 Å². The van der Waals surface area contributed by atoms with Gasteiger partial charge in [-0.1, -0.05) is 24.3 Å². The summed E-state index contributed by atoms with van der Waals surface area (Å²) in [5, 5.41) is 10.0. The fourth-order valence-electron chi connectivity index (χ4n) is 5.02.